The average molecular weight is 899 g/mol. The number of unbranched alkanes of at least 4 members (excludes halogenated alkanes) is 36. The second-order valence-electron chi connectivity index (χ2n) is 19.1. The van der Waals surface area contributed by atoms with Crippen molar-refractivity contribution in [1.29, 1.82) is 0 Å². The molecule has 10 nitrogen and oxygen atoms in total. The highest BCUT2D eigenvalue weighted by molar-refractivity contribution is 5.70. The monoisotopic (exact) mass is 899 g/mol. The molecule has 1 saturated heterocycles. The Kier molecular flexibility index (Phi) is 42.2. The minimum absolute atomic E-state index is 0.208. The van der Waals surface area contributed by atoms with Gasteiger partial charge in [0.05, 0.1) is 13.2 Å². The third kappa shape index (κ3) is 35.6. The van der Waals surface area contributed by atoms with Gasteiger partial charge in [-0.3, -0.25) is 9.59 Å². The molecule has 0 spiro atoms. The van der Waals surface area contributed by atoms with Gasteiger partial charge in [0.15, 0.2) is 12.4 Å². The van der Waals surface area contributed by atoms with Gasteiger partial charge in [0, 0.05) is 12.8 Å². The fourth-order valence-electron chi connectivity index (χ4n) is 8.72. The Bertz CT molecular complexity index is 995. The van der Waals surface area contributed by atoms with Crippen LogP contribution in [0, 0.1) is 0 Å². The maximum absolute atomic E-state index is 12.8. The van der Waals surface area contributed by atoms with Crippen molar-refractivity contribution in [3.8, 4) is 0 Å². The Morgan fingerprint density at radius 1 is 0.429 bits per heavy atom. The SMILES string of the molecule is CCCCCCCCCCCCCCCCCCCCCC(=O)OCC(COC1OC(CO)C(O)C(O)C1O)OC(=O)CCCCCCCCCCCCCCCCCCCCC. The smallest absolute Gasteiger partial charge is 0.306 e. The number of carbonyl (C=O) groups is 2. The number of carbonyl (C=O) groups excluding carboxylic acids is 2. The van der Waals surface area contributed by atoms with Crippen LogP contribution in [0.2, 0.25) is 0 Å². The lowest BCUT2D eigenvalue weighted by Crippen LogP contribution is -2.59. The summed E-state index contributed by atoms with van der Waals surface area (Å²) in [6, 6.07) is 0. The van der Waals surface area contributed by atoms with E-state index in [0.717, 1.165) is 32.1 Å². The third-order valence-corrected chi connectivity index (χ3v) is 13.0. The van der Waals surface area contributed by atoms with E-state index in [4.69, 9.17) is 18.9 Å². The fourth-order valence-corrected chi connectivity index (χ4v) is 8.72. The Labute approximate surface area is 387 Å². The van der Waals surface area contributed by atoms with E-state index >= 15 is 0 Å². The Morgan fingerprint density at radius 2 is 0.746 bits per heavy atom. The van der Waals surface area contributed by atoms with Crippen molar-refractivity contribution < 1.29 is 49.0 Å². The molecule has 4 N–H and O–H groups in total. The van der Waals surface area contributed by atoms with E-state index in [-0.39, 0.29) is 32.0 Å². The van der Waals surface area contributed by atoms with E-state index in [1.54, 1.807) is 0 Å². The highest BCUT2D eigenvalue weighted by Gasteiger charge is 2.44. The normalized spacial score (nSPS) is 19.4. The van der Waals surface area contributed by atoms with Crippen LogP contribution in [-0.2, 0) is 28.5 Å². The topological polar surface area (TPSA) is 152 Å². The molecule has 0 amide bonds. The highest BCUT2D eigenvalue weighted by atomic mass is 16.7. The minimum Gasteiger partial charge on any atom is -0.462 e. The number of rotatable bonds is 47. The van der Waals surface area contributed by atoms with Gasteiger partial charge in [0.2, 0.25) is 0 Å². The van der Waals surface area contributed by atoms with Crippen molar-refractivity contribution >= 4 is 11.9 Å². The molecular formula is C53H102O10. The van der Waals surface area contributed by atoms with Gasteiger partial charge in [-0.25, -0.2) is 0 Å². The first-order valence-corrected chi connectivity index (χ1v) is 27.1. The van der Waals surface area contributed by atoms with Crippen LogP contribution in [0.3, 0.4) is 0 Å². The molecule has 63 heavy (non-hydrogen) atoms. The summed E-state index contributed by atoms with van der Waals surface area (Å²) < 4.78 is 22.3. The quantitative estimate of drug-likeness (QED) is 0.0343. The zero-order valence-corrected chi connectivity index (χ0v) is 41.1. The molecule has 0 aromatic rings. The van der Waals surface area contributed by atoms with Gasteiger partial charge >= 0.3 is 11.9 Å². The molecule has 0 aliphatic carbocycles. The maximum atomic E-state index is 12.8. The standard InChI is InChI=1S/C53H102O10/c1-3-5-7-9-11-13-15-17-19-21-23-25-27-29-31-33-35-37-39-41-48(55)60-44-46(45-61-53-52(59)51(58)50(57)47(43-54)63-53)62-49(56)42-40-38-36-34-32-30-28-26-24-22-20-18-16-14-12-10-8-6-4-2/h46-47,50-54,57-59H,3-45H2,1-2H3. The zero-order chi connectivity index (χ0) is 45.9. The Hall–Kier alpha value is -1.30. The first-order chi connectivity index (χ1) is 30.8. The van der Waals surface area contributed by atoms with Gasteiger partial charge < -0.3 is 39.4 Å². The first-order valence-electron chi connectivity index (χ1n) is 27.1. The van der Waals surface area contributed by atoms with Crippen molar-refractivity contribution in [1.82, 2.24) is 0 Å². The van der Waals surface area contributed by atoms with Crippen LogP contribution in [0.4, 0.5) is 0 Å². The van der Waals surface area contributed by atoms with E-state index in [1.165, 1.54) is 205 Å². The zero-order valence-electron chi connectivity index (χ0n) is 41.1. The largest absolute Gasteiger partial charge is 0.462 e. The molecule has 1 rings (SSSR count). The molecule has 1 heterocycles. The van der Waals surface area contributed by atoms with Crippen molar-refractivity contribution in [2.24, 2.45) is 0 Å². The molecule has 1 aliphatic rings. The van der Waals surface area contributed by atoms with Gasteiger partial charge in [-0.05, 0) is 12.8 Å². The molecule has 0 aromatic carbocycles. The number of esters is 2. The van der Waals surface area contributed by atoms with Gasteiger partial charge in [0.25, 0.3) is 0 Å². The van der Waals surface area contributed by atoms with Crippen LogP contribution < -0.4 is 0 Å². The van der Waals surface area contributed by atoms with E-state index in [0.29, 0.717) is 6.42 Å². The molecule has 0 bridgehead atoms. The summed E-state index contributed by atoms with van der Waals surface area (Å²) in [4.78, 5) is 25.5. The van der Waals surface area contributed by atoms with Gasteiger partial charge in [0.1, 0.15) is 31.0 Å². The van der Waals surface area contributed by atoms with Gasteiger partial charge in [-0.1, -0.05) is 245 Å². The van der Waals surface area contributed by atoms with Crippen LogP contribution >= 0.6 is 0 Å². The molecule has 1 fully saturated rings. The lowest BCUT2D eigenvalue weighted by Gasteiger charge is -2.39. The lowest BCUT2D eigenvalue weighted by atomic mass is 9.99. The number of aliphatic hydroxyl groups is 4. The number of hydrogen-bond acceptors (Lipinski definition) is 10. The van der Waals surface area contributed by atoms with Crippen molar-refractivity contribution in [2.45, 2.75) is 307 Å². The van der Waals surface area contributed by atoms with Crippen molar-refractivity contribution in [2.75, 3.05) is 19.8 Å². The van der Waals surface area contributed by atoms with E-state index in [9.17, 15) is 30.0 Å². The Morgan fingerprint density at radius 3 is 1.08 bits per heavy atom. The summed E-state index contributed by atoms with van der Waals surface area (Å²) in [5, 5.41) is 40.2. The summed E-state index contributed by atoms with van der Waals surface area (Å²) in [7, 11) is 0. The van der Waals surface area contributed by atoms with Gasteiger partial charge in [-0.15, -0.1) is 0 Å². The second kappa shape index (κ2) is 44.5. The van der Waals surface area contributed by atoms with Crippen LogP contribution in [-0.4, -0.2) is 89.0 Å². The molecule has 6 atom stereocenters. The number of ether oxygens (including phenoxy) is 4. The lowest BCUT2D eigenvalue weighted by molar-refractivity contribution is -0.305. The predicted octanol–water partition coefficient (Wildman–Crippen LogP) is 12.9. The Balaban J connectivity index is 2.22. The maximum Gasteiger partial charge on any atom is 0.306 e. The third-order valence-electron chi connectivity index (χ3n) is 13.0. The summed E-state index contributed by atoms with van der Waals surface area (Å²) >= 11 is 0. The van der Waals surface area contributed by atoms with Crippen LogP contribution in [0.15, 0.2) is 0 Å². The minimum atomic E-state index is -1.59. The summed E-state index contributed by atoms with van der Waals surface area (Å²) in [6.07, 6.45) is 41.1. The highest BCUT2D eigenvalue weighted by Crippen LogP contribution is 2.23. The molecule has 0 saturated carbocycles. The molecule has 374 valence electrons. The van der Waals surface area contributed by atoms with E-state index in [1.807, 2.05) is 0 Å². The predicted molar refractivity (Wildman–Crippen MR) is 257 cm³/mol. The number of aliphatic hydroxyl groups excluding tert-OH is 4. The van der Waals surface area contributed by atoms with E-state index in [2.05, 4.69) is 13.8 Å². The average Bonchev–Trinajstić information content (AvgIpc) is 3.28. The van der Waals surface area contributed by atoms with Crippen LogP contribution in [0.25, 0.3) is 0 Å². The molecule has 0 radical (unpaired) electrons. The number of hydrogen-bond donors (Lipinski definition) is 4. The summed E-state index contributed by atoms with van der Waals surface area (Å²) in [5.41, 5.74) is 0. The van der Waals surface area contributed by atoms with Gasteiger partial charge in [-0.2, -0.15) is 0 Å². The van der Waals surface area contributed by atoms with Crippen LogP contribution in [0.5, 0.6) is 0 Å². The summed E-state index contributed by atoms with van der Waals surface area (Å²) in [6.45, 7) is 3.49. The fraction of sp³-hybridized carbons (Fsp3) is 0.962. The molecule has 1 aliphatic heterocycles. The molecule has 0 aromatic heterocycles. The molecule has 6 unspecified atom stereocenters. The molecular weight excluding hydrogens is 797 g/mol. The second-order valence-corrected chi connectivity index (χ2v) is 19.1. The van der Waals surface area contributed by atoms with Crippen molar-refractivity contribution in [3.05, 3.63) is 0 Å². The van der Waals surface area contributed by atoms with Crippen LogP contribution in [0.1, 0.15) is 271 Å². The molecule has 10 heteroatoms. The van der Waals surface area contributed by atoms with Crippen molar-refractivity contribution in [3.63, 3.8) is 0 Å². The summed E-state index contributed by atoms with van der Waals surface area (Å²) in [5.74, 6) is -0.783. The first kappa shape index (κ1) is 59.7. The van der Waals surface area contributed by atoms with E-state index < -0.39 is 49.4 Å².